The van der Waals surface area contributed by atoms with Crippen molar-refractivity contribution in [3.8, 4) is 11.1 Å². The zero-order valence-corrected chi connectivity index (χ0v) is 15.4. The van der Waals surface area contributed by atoms with Crippen LogP contribution in [0.2, 0.25) is 0 Å². The maximum Gasteiger partial charge on any atom is 0.132 e. The molecule has 5 rings (SSSR count). The summed E-state index contributed by atoms with van der Waals surface area (Å²) in [4.78, 5) is 11.8. The fourth-order valence-electron chi connectivity index (χ4n) is 4.27. The van der Waals surface area contributed by atoms with E-state index in [9.17, 15) is 0 Å². The normalized spacial score (nSPS) is 18.1. The molecule has 3 N–H and O–H groups in total. The molecule has 1 aromatic carbocycles. The summed E-state index contributed by atoms with van der Waals surface area (Å²) in [5, 5.41) is 7.48. The third-order valence-electron chi connectivity index (χ3n) is 6.09. The number of aromatic nitrogens is 3. The highest BCUT2D eigenvalue weighted by Crippen LogP contribution is 2.29. The summed E-state index contributed by atoms with van der Waals surface area (Å²) < 4.78 is 2.39. The molecule has 1 fully saturated rings. The summed E-state index contributed by atoms with van der Waals surface area (Å²) in [6.45, 7) is 3.25. The SMILES string of the molecule is N=Cc1cc(-c2ccc3c(c2)nc2n3CCN(C3CCC3)CC2)cnc1N. The second kappa shape index (κ2) is 6.46. The van der Waals surface area contributed by atoms with Gasteiger partial charge >= 0.3 is 0 Å². The van der Waals surface area contributed by atoms with Crippen LogP contribution in [0.3, 0.4) is 0 Å². The number of pyridine rings is 1. The van der Waals surface area contributed by atoms with E-state index >= 15 is 0 Å². The van der Waals surface area contributed by atoms with Gasteiger partial charge in [0.2, 0.25) is 0 Å². The Labute approximate surface area is 158 Å². The van der Waals surface area contributed by atoms with Gasteiger partial charge in [0.05, 0.1) is 11.0 Å². The van der Waals surface area contributed by atoms with Gasteiger partial charge in [-0.1, -0.05) is 12.5 Å². The highest BCUT2D eigenvalue weighted by atomic mass is 15.2. The van der Waals surface area contributed by atoms with Crippen LogP contribution < -0.4 is 5.73 Å². The Kier molecular flexibility index (Phi) is 3.93. The minimum Gasteiger partial charge on any atom is -0.383 e. The van der Waals surface area contributed by atoms with Crippen molar-refractivity contribution in [2.45, 2.75) is 38.3 Å². The van der Waals surface area contributed by atoms with Crippen LogP contribution in [0.25, 0.3) is 22.2 Å². The first-order valence-electron chi connectivity index (χ1n) is 9.72. The van der Waals surface area contributed by atoms with Crippen LogP contribution in [0, 0.1) is 5.41 Å². The van der Waals surface area contributed by atoms with Crippen molar-refractivity contribution in [3.05, 3.63) is 41.9 Å². The molecule has 0 radical (unpaired) electrons. The van der Waals surface area contributed by atoms with Crippen molar-refractivity contribution in [1.29, 1.82) is 5.41 Å². The lowest BCUT2D eigenvalue weighted by Gasteiger charge is -2.36. The zero-order valence-electron chi connectivity index (χ0n) is 15.4. The number of rotatable bonds is 3. The van der Waals surface area contributed by atoms with Gasteiger partial charge in [0.15, 0.2) is 0 Å². The van der Waals surface area contributed by atoms with Crippen LogP contribution in [0.15, 0.2) is 30.5 Å². The molecule has 27 heavy (non-hydrogen) atoms. The summed E-state index contributed by atoms with van der Waals surface area (Å²) in [7, 11) is 0. The Morgan fingerprint density at radius 3 is 2.78 bits per heavy atom. The lowest BCUT2D eigenvalue weighted by atomic mass is 9.91. The van der Waals surface area contributed by atoms with E-state index in [2.05, 4.69) is 32.7 Å². The largest absolute Gasteiger partial charge is 0.383 e. The minimum absolute atomic E-state index is 0.388. The van der Waals surface area contributed by atoms with E-state index in [1.54, 1.807) is 6.20 Å². The van der Waals surface area contributed by atoms with Gasteiger partial charge in [0, 0.05) is 55.6 Å². The highest BCUT2D eigenvalue weighted by Gasteiger charge is 2.27. The third kappa shape index (κ3) is 2.80. The summed E-state index contributed by atoms with van der Waals surface area (Å²) in [5.74, 6) is 1.58. The third-order valence-corrected chi connectivity index (χ3v) is 6.09. The number of benzene rings is 1. The summed E-state index contributed by atoms with van der Waals surface area (Å²) in [6.07, 6.45) is 8.14. The Morgan fingerprint density at radius 1 is 1.11 bits per heavy atom. The molecule has 0 amide bonds. The fraction of sp³-hybridized carbons (Fsp3) is 0.381. The molecule has 6 heteroatoms. The molecular formula is C21H24N6. The molecule has 2 aliphatic rings. The van der Waals surface area contributed by atoms with Gasteiger partial charge < -0.3 is 15.7 Å². The van der Waals surface area contributed by atoms with E-state index in [0.717, 1.165) is 48.7 Å². The molecule has 0 bridgehead atoms. The molecule has 0 spiro atoms. The van der Waals surface area contributed by atoms with Crippen LogP contribution in [0.1, 0.15) is 30.7 Å². The Hall–Kier alpha value is -2.73. The van der Waals surface area contributed by atoms with Crippen molar-refractivity contribution >= 4 is 23.1 Å². The van der Waals surface area contributed by atoms with Gasteiger partial charge in [-0.25, -0.2) is 9.97 Å². The first kappa shape index (κ1) is 16.4. The lowest BCUT2D eigenvalue weighted by Crippen LogP contribution is -2.41. The lowest BCUT2D eigenvalue weighted by molar-refractivity contribution is 0.130. The average Bonchev–Trinajstić information content (AvgIpc) is 2.87. The molecular weight excluding hydrogens is 336 g/mol. The van der Waals surface area contributed by atoms with Crippen LogP contribution in [0.4, 0.5) is 5.82 Å². The van der Waals surface area contributed by atoms with Crippen LogP contribution in [-0.4, -0.2) is 44.8 Å². The number of nitrogens with one attached hydrogen (secondary N) is 1. The number of nitrogens with zero attached hydrogens (tertiary/aromatic N) is 4. The Morgan fingerprint density at radius 2 is 2.00 bits per heavy atom. The monoisotopic (exact) mass is 360 g/mol. The molecule has 6 nitrogen and oxygen atoms in total. The smallest absolute Gasteiger partial charge is 0.132 e. The molecule has 2 aromatic heterocycles. The molecule has 0 atom stereocenters. The number of nitrogens with two attached hydrogens (primary N) is 1. The molecule has 3 heterocycles. The number of nitrogen functional groups attached to an aromatic ring is 1. The van der Waals surface area contributed by atoms with Crippen LogP contribution in [-0.2, 0) is 13.0 Å². The molecule has 1 aliphatic heterocycles. The standard InChI is InChI=1S/C21H24N6/c22-12-15-10-16(13-24-21(15)23)14-4-5-19-18(11-14)25-20-6-7-26(8-9-27(19)20)17-2-1-3-17/h4-5,10-13,17,22H,1-3,6-9H2,(H2,23,24). The zero-order chi connectivity index (χ0) is 18.4. The van der Waals surface area contributed by atoms with Gasteiger partial charge in [-0.3, -0.25) is 4.90 Å². The van der Waals surface area contributed by atoms with E-state index in [0.29, 0.717) is 11.4 Å². The number of imidazole rings is 1. The Bertz CT molecular complexity index is 1020. The van der Waals surface area contributed by atoms with Crippen molar-refractivity contribution in [3.63, 3.8) is 0 Å². The van der Waals surface area contributed by atoms with Gasteiger partial charge in [0.25, 0.3) is 0 Å². The molecule has 0 saturated heterocycles. The first-order valence-corrected chi connectivity index (χ1v) is 9.72. The maximum absolute atomic E-state index is 7.48. The van der Waals surface area contributed by atoms with Gasteiger partial charge in [-0.15, -0.1) is 0 Å². The van der Waals surface area contributed by atoms with Crippen molar-refractivity contribution in [2.24, 2.45) is 0 Å². The molecule has 1 saturated carbocycles. The van der Waals surface area contributed by atoms with Gasteiger partial charge in [-0.05, 0) is 36.6 Å². The van der Waals surface area contributed by atoms with Gasteiger partial charge in [0.1, 0.15) is 11.6 Å². The van der Waals surface area contributed by atoms with Crippen LogP contribution in [0.5, 0.6) is 0 Å². The van der Waals surface area contributed by atoms with Gasteiger partial charge in [-0.2, -0.15) is 0 Å². The predicted octanol–water partition coefficient (Wildman–Crippen LogP) is 3.09. The first-order chi connectivity index (χ1) is 13.2. The highest BCUT2D eigenvalue weighted by molar-refractivity contribution is 5.88. The topological polar surface area (TPSA) is 83.8 Å². The van der Waals surface area contributed by atoms with Crippen molar-refractivity contribution in [2.75, 3.05) is 18.8 Å². The number of anilines is 1. The molecule has 3 aromatic rings. The molecule has 0 unspecified atom stereocenters. The number of fused-ring (bicyclic) bond motifs is 3. The van der Waals surface area contributed by atoms with E-state index in [-0.39, 0.29) is 0 Å². The number of hydrogen-bond donors (Lipinski definition) is 2. The summed E-state index contributed by atoms with van der Waals surface area (Å²) in [6, 6.07) is 9.12. The fourth-order valence-corrected chi connectivity index (χ4v) is 4.27. The minimum atomic E-state index is 0.388. The van der Waals surface area contributed by atoms with E-state index in [1.165, 1.54) is 36.8 Å². The van der Waals surface area contributed by atoms with Crippen LogP contribution >= 0.6 is 0 Å². The van der Waals surface area contributed by atoms with E-state index < -0.39 is 0 Å². The second-order valence-electron chi connectivity index (χ2n) is 7.60. The number of hydrogen-bond acceptors (Lipinski definition) is 5. The molecule has 138 valence electrons. The van der Waals surface area contributed by atoms with Crippen molar-refractivity contribution < 1.29 is 0 Å². The summed E-state index contributed by atoms with van der Waals surface area (Å²) in [5.41, 5.74) is 10.7. The molecule has 1 aliphatic carbocycles. The van der Waals surface area contributed by atoms with E-state index in [4.69, 9.17) is 16.1 Å². The predicted molar refractivity (Wildman–Crippen MR) is 108 cm³/mol. The Balaban J connectivity index is 1.47. The quantitative estimate of drug-likeness (QED) is 0.703. The van der Waals surface area contributed by atoms with Crippen molar-refractivity contribution in [1.82, 2.24) is 19.4 Å². The second-order valence-corrected chi connectivity index (χ2v) is 7.60. The summed E-state index contributed by atoms with van der Waals surface area (Å²) >= 11 is 0. The maximum atomic E-state index is 7.48. The average molecular weight is 360 g/mol. The van der Waals surface area contributed by atoms with E-state index in [1.807, 2.05) is 6.07 Å².